The molecule has 0 N–H and O–H groups in total. The summed E-state index contributed by atoms with van der Waals surface area (Å²) in [5.41, 5.74) is 0.245. The number of fused-ring (bicyclic) bond motifs is 1. The van der Waals surface area contributed by atoms with E-state index in [1.165, 1.54) is 6.20 Å². The molecule has 11 heavy (non-hydrogen) atoms. The Morgan fingerprint density at radius 2 is 2.18 bits per heavy atom. The molecule has 2 rings (SSSR count). The Bertz CT molecular complexity index is 440. The highest BCUT2D eigenvalue weighted by Crippen LogP contribution is 1.90. The topological polar surface area (TPSA) is 67.6 Å². The minimum atomic E-state index is -0.559. The van der Waals surface area contributed by atoms with Crippen LogP contribution in [0.1, 0.15) is 0 Å². The first-order valence-corrected chi connectivity index (χ1v) is 3.13. The van der Waals surface area contributed by atoms with Gasteiger partial charge in [-0.15, -0.1) is 0 Å². The highest BCUT2D eigenvalue weighted by atomic mass is 35.5. The lowest BCUT2D eigenvalue weighted by Gasteiger charge is -1.81. The van der Waals surface area contributed by atoms with E-state index in [-0.39, 0.29) is 10.8 Å². The molecular weight excluding hydrogens is 168 g/mol. The lowest BCUT2D eigenvalue weighted by Crippen LogP contribution is -2.26. The molecule has 0 atom stereocenters. The summed E-state index contributed by atoms with van der Waals surface area (Å²) in [7, 11) is 0. The molecule has 6 heteroatoms. The molecule has 1 aliphatic rings. The van der Waals surface area contributed by atoms with E-state index in [1.54, 1.807) is 0 Å². The summed E-state index contributed by atoms with van der Waals surface area (Å²) < 4.78 is 0. The standard InChI is InChI=1S/C5HClN4O/c6-4-7-1-2-3(9-4)10-5(11)8-2/h1H. The molecule has 1 aliphatic heterocycles. The lowest BCUT2D eigenvalue weighted by molar-refractivity contribution is 0.256. The normalized spacial score (nSPS) is 13.7. The molecule has 54 valence electrons. The van der Waals surface area contributed by atoms with Gasteiger partial charge in [0, 0.05) is 0 Å². The maximum absolute atomic E-state index is 10.6. The molecule has 0 radical (unpaired) electrons. The molecule has 0 unspecified atom stereocenters. The second-order valence-electron chi connectivity index (χ2n) is 1.85. The molecular formula is C5HClN4O. The van der Waals surface area contributed by atoms with Gasteiger partial charge in [0.25, 0.3) is 0 Å². The van der Waals surface area contributed by atoms with E-state index >= 15 is 0 Å². The molecule has 5 nitrogen and oxygen atoms in total. The Morgan fingerprint density at radius 3 is 3.00 bits per heavy atom. The maximum atomic E-state index is 10.6. The average Bonchev–Trinajstić information content (AvgIpc) is 2.27. The smallest absolute Gasteiger partial charge is 0.244 e. The van der Waals surface area contributed by atoms with Gasteiger partial charge in [-0.3, -0.25) is 0 Å². The third-order valence-electron chi connectivity index (χ3n) is 1.14. The van der Waals surface area contributed by atoms with Gasteiger partial charge in [0.1, 0.15) is 5.36 Å². The van der Waals surface area contributed by atoms with Crippen LogP contribution in [0.4, 0.5) is 4.79 Å². The minimum Gasteiger partial charge on any atom is -0.244 e. The quantitative estimate of drug-likeness (QED) is 0.491. The van der Waals surface area contributed by atoms with Gasteiger partial charge in [-0.1, -0.05) is 0 Å². The lowest BCUT2D eigenvalue weighted by atomic mass is 10.6. The van der Waals surface area contributed by atoms with Gasteiger partial charge in [0.05, 0.1) is 6.20 Å². The number of halogens is 1. The van der Waals surface area contributed by atoms with Crippen LogP contribution < -0.4 is 10.8 Å². The van der Waals surface area contributed by atoms with Crippen molar-refractivity contribution in [2.45, 2.75) is 0 Å². The monoisotopic (exact) mass is 168 g/mol. The van der Waals surface area contributed by atoms with E-state index < -0.39 is 6.03 Å². The first kappa shape index (κ1) is 6.36. The second-order valence-corrected chi connectivity index (χ2v) is 2.19. The van der Waals surface area contributed by atoms with E-state index in [2.05, 4.69) is 20.0 Å². The van der Waals surface area contributed by atoms with Gasteiger partial charge < -0.3 is 0 Å². The zero-order valence-electron chi connectivity index (χ0n) is 5.15. The van der Waals surface area contributed by atoms with Crippen LogP contribution in [0.5, 0.6) is 0 Å². The Labute approximate surface area is 65.5 Å². The van der Waals surface area contributed by atoms with E-state index in [0.29, 0.717) is 5.36 Å². The first-order valence-electron chi connectivity index (χ1n) is 2.76. The summed E-state index contributed by atoms with van der Waals surface area (Å²) >= 11 is 5.44. The molecule has 0 spiro atoms. The number of nitrogens with zero attached hydrogens (tertiary/aromatic N) is 4. The van der Waals surface area contributed by atoms with Crippen LogP contribution in [0.15, 0.2) is 16.2 Å². The molecule has 0 fully saturated rings. The van der Waals surface area contributed by atoms with Crippen LogP contribution in [0.2, 0.25) is 5.28 Å². The minimum absolute atomic E-state index is 0.0670. The van der Waals surface area contributed by atoms with E-state index in [4.69, 9.17) is 11.6 Å². The average molecular weight is 169 g/mol. The first-order chi connectivity index (χ1) is 5.25. The number of carbonyl (C=O) groups excluding carboxylic acids is 1. The maximum Gasteiger partial charge on any atom is 0.369 e. The van der Waals surface area contributed by atoms with Crippen LogP contribution in [-0.4, -0.2) is 16.0 Å². The SMILES string of the molecule is O=C1N=c2cnc(Cl)nc2=N1. The van der Waals surface area contributed by atoms with Crippen LogP contribution in [-0.2, 0) is 0 Å². The number of carbonyl (C=O) groups is 1. The Kier molecular flexibility index (Phi) is 1.19. The number of aromatic nitrogens is 2. The largest absolute Gasteiger partial charge is 0.369 e. The zero-order valence-corrected chi connectivity index (χ0v) is 5.91. The van der Waals surface area contributed by atoms with E-state index in [0.717, 1.165) is 0 Å². The van der Waals surface area contributed by atoms with Crippen molar-refractivity contribution in [3.63, 3.8) is 0 Å². The summed E-state index contributed by atoms with van der Waals surface area (Å²) in [5, 5.41) is 0.441. The molecule has 0 saturated heterocycles. The molecule has 0 bridgehead atoms. The van der Waals surface area contributed by atoms with Crippen molar-refractivity contribution in [1.29, 1.82) is 0 Å². The summed E-state index contributed by atoms with van der Waals surface area (Å²) in [6.07, 6.45) is 1.36. The molecule has 0 aliphatic carbocycles. The Hall–Kier alpha value is -1.36. The molecule has 2 heterocycles. The van der Waals surface area contributed by atoms with Crippen molar-refractivity contribution in [3.8, 4) is 0 Å². The molecule has 1 aromatic heterocycles. The van der Waals surface area contributed by atoms with Gasteiger partial charge >= 0.3 is 6.03 Å². The van der Waals surface area contributed by atoms with Crippen LogP contribution in [0.3, 0.4) is 0 Å². The van der Waals surface area contributed by atoms with Gasteiger partial charge in [-0.2, -0.15) is 15.0 Å². The van der Waals surface area contributed by atoms with Crippen LogP contribution in [0, 0.1) is 0 Å². The van der Waals surface area contributed by atoms with Crippen molar-refractivity contribution in [3.05, 3.63) is 22.3 Å². The van der Waals surface area contributed by atoms with Gasteiger partial charge in [0.15, 0.2) is 5.49 Å². The van der Waals surface area contributed by atoms with E-state index in [1.807, 2.05) is 0 Å². The third kappa shape index (κ3) is 0.988. The number of hydrogen-bond donors (Lipinski definition) is 0. The molecule has 0 saturated carbocycles. The van der Waals surface area contributed by atoms with Crippen LogP contribution >= 0.6 is 11.6 Å². The Morgan fingerprint density at radius 1 is 1.36 bits per heavy atom. The summed E-state index contributed by atoms with van der Waals surface area (Å²) in [6.45, 7) is 0. The fourth-order valence-corrected chi connectivity index (χ4v) is 0.854. The summed E-state index contributed by atoms with van der Waals surface area (Å²) in [4.78, 5) is 24.9. The van der Waals surface area contributed by atoms with Crippen LogP contribution in [0.25, 0.3) is 0 Å². The summed E-state index contributed by atoms with van der Waals surface area (Å²) in [6, 6.07) is -0.559. The second kappa shape index (κ2) is 2.06. The van der Waals surface area contributed by atoms with Crippen molar-refractivity contribution in [1.82, 2.24) is 9.97 Å². The van der Waals surface area contributed by atoms with Gasteiger partial charge in [0.2, 0.25) is 5.28 Å². The number of amides is 2. The van der Waals surface area contributed by atoms with Gasteiger partial charge in [-0.05, 0) is 11.6 Å². The Balaban J connectivity index is 2.89. The highest BCUT2D eigenvalue weighted by molar-refractivity contribution is 6.28. The van der Waals surface area contributed by atoms with Crippen molar-refractivity contribution < 1.29 is 4.79 Å². The van der Waals surface area contributed by atoms with Gasteiger partial charge in [-0.25, -0.2) is 9.78 Å². The zero-order chi connectivity index (χ0) is 7.84. The molecule has 1 aromatic rings. The number of rotatable bonds is 0. The highest BCUT2D eigenvalue weighted by Gasteiger charge is 2.05. The number of urea groups is 1. The molecule has 2 amide bonds. The molecule has 0 aromatic carbocycles. The number of hydrogen-bond acceptors (Lipinski definition) is 3. The van der Waals surface area contributed by atoms with E-state index in [9.17, 15) is 4.79 Å². The third-order valence-corrected chi connectivity index (χ3v) is 1.32. The summed E-state index contributed by atoms with van der Waals surface area (Å²) in [5.74, 6) is 0. The van der Waals surface area contributed by atoms with Crippen molar-refractivity contribution in [2.24, 2.45) is 9.98 Å². The van der Waals surface area contributed by atoms with Crippen molar-refractivity contribution in [2.75, 3.05) is 0 Å². The predicted molar refractivity (Wildman–Crippen MR) is 34.7 cm³/mol. The fourth-order valence-electron chi connectivity index (χ4n) is 0.725. The van der Waals surface area contributed by atoms with Crippen molar-refractivity contribution >= 4 is 17.6 Å². The predicted octanol–water partition coefficient (Wildman–Crippen LogP) is -0.497. The fraction of sp³-hybridized carbons (Fsp3) is 0.